The number of unbranched alkanes of at least 4 members (excludes halogenated alkanes) is 17. The first-order chi connectivity index (χ1) is 29.1. The highest BCUT2D eigenvalue weighted by Crippen LogP contribution is 2.14. The zero-order chi connectivity index (χ0) is 44.2. The van der Waals surface area contributed by atoms with Crippen molar-refractivity contribution in [1.29, 1.82) is 0 Å². The van der Waals surface area contributed by atoms with E-state index in [1.165, 1.54) is 83.5 Å². The molecule has 0 radical (unpaired) electrons. The maximum absolute atomic E-state index is 12.7. The van der Waals surface area contributed by atoms with Crippen molar-refractivity contribution < 1.29 is 38.2 Å². The third-order valence-electron chi connectivity index (χ3n) is 10.4. The molecule has 0 bridgehead atoms. The Morgan fingerprint density at radius 1 is 0.533 bits per heavy atom. The van der Waals surface area contributed by atoms with Crippen molar-refractivity contribution in [2.24, 2.45) is 0 Å². The van der Waals surface area contributed by atoms with E-state index in [-0.39, 0.29) is 49.1 Å². The number of aliphatic carboxylic acids is 1. The van der Waals surface area contributed by atoms with E-state index in [0.717, 1.165) is 64.2 Å². The Morgan fingerprint density at radius 3 is 1.50 bits per heavy atom. The molecule has 0 saturated heterocycles. The number of likely N-dealkylation sites (N-methyl/N-ethyl adjacent to an activating group) is 1. The fourth-order valence-electron chi connectivity index (χ4n) is 6.64. The van der Waals surface area contributed by atoms with Crippen LogP contribution >= 0.6 is 0 Å². The van der Waals surface area contributed by atoms with E-state index in [1.807, 2.05) is 0 Å². The number of nitrogens with zero attached hydrogens (tertiary/aromatic N) is 1. The van der Waals surface area contributed by atoms with Crippen LogP contribution in [-0.4, -0.2) is 75.5 Å². The van der Waals surface area contributed by atoms with Gasteiger partial charge in [-0.05, 0) is 77.0 Å². The average molecular weight is 840 g/mol. The maximum atomic E-state index is 12.7. The number of rotatable bonds is 42. The summed E-state index contributed by atoms with van der Waals surface area (Å²) in [5, 5.41) is 11.6. The molecule has 0 spiro atoms. The fraction of sp³-hybridized carbons (Fsp3) is 0.712. The van der Waals surface area contributed by atoms with Gasteiger partial charge in [0.1, 0.15) is 12.6 Å². The third-order valence-corrected chi connectivity index (χ3v) is 10.4. The summed E-state index contributed by atoms with van der Waals surface area (Å²) in [5.74, 6) is -1.78. The van der Waals surface area contributed by atoms with Gasteiger partial charge in [0.2, 0.25) is 0 Å². The van der Waals surface area contributed by atoms with Crippen LogP contribution in [0.25, 0.3) is 0 Å². The summed E-state index contributed by atoms with van der Waals surface area (Å²) in [6.45, 7) is 4.49. The molecule has 8 nitrogen and oxygen atoms in total. The Kier molecular flexibility index (Phi) is 40.2. The molecule has 0 aliphatic rings. The minimum atomic E-state index is -1.13. The zero-order valence-electron chi connectivity index (χ0n) is 39.1. The van der Waals surface area contributed by atoms with Gasteiger partial charge in [-0.15, -0.1) is 0 Å². The SMILES string of the molecule is CC/C=C/C/C=C/C/C=C/C/C=C/CCCCCC(=O)OC(COCCC(C(=O)[O-])[N+](C)(C)C)COC(=O)CCCCCCCCCCCC/C=C/C=C/CCCCCC. The molecule has 0 aromatic heterocycles. The number of esters is 2. The first-order valence-electron chi connectivity index (χ1n) is 24.0. The molecule has 0 rings (SSSR count). The van der Waals surface area contributed by atoms with Crippen molar-refractivity contribution in [3.8, 4) is 0 Å². The van der Waals surface area contributed by atoms with E-state index < -0.39 is 18.1 Å². The van der Waals surface area contributed by atoms with Gasteiger partial charge in [-0.3, -0.25) is 9.59 Å². The number of carboxylic acids is 1. The van der Waals surface area contributed by atoms with Gasteiger partial charge in [-0.1, -0.05) is 164 Å². The minimum Gasteiger partial charge on any atom is -0.544 e. The molecule has 60 heavy (non-hydrogen) atoms. The van der Waals surface area contributed by atoms with Crippen molar-refractivity contribution in [2.75, 3.05) is 41.0 Å². The van der Waals surface area contributed by atoms with E-state index in [0.29, 0.717) is 12.8 Å². The first kappa shape index (κ1) is 56.8. The highest BCUT2D eigenvalue weighted by Gasteiger charge is 2.25. The second kappa shape index (κ2) is 42.5. The van der Waals surface area contributed by atoms with Crippen LogP contribution in [-0.2, 0) is 28.6 Å². The molecular formula is C52H89NO7. The number of carbonyl (C=O) groups excluding carboxylic acids is 3. The smallest absolute Gasteiger partial charge is 0.306 e. The van der Waals surface area contributed by atoms with Gasteiger partial charge in [0.25, 0.3) is 0 Å². The molecule has 0 heterocycles. The highest BCUT2D eigenvalue weighted by atomic mass is 16.6. The second-order valence-electron chi connectivity index (χ2n) is 17.0. The van der Waals surface area contributed by atoms with E-state index in [9.17, 15) is 19.5 Å². The van der Waals surface area contributed by atoms with E-state index >= 15 is 0 Å². The molecule has 0 N–H and O–H groups in total. The molecule has 0 amide bonds. The number of ether oxygens (including phenoxy) is 3. The fourth-order valence-corrected chi connectivity index (χ4v) is 6.64. The highest BCUT2D eigenvalue weighted by molar-refractivity contribution is 5.70. The average Bonchev–Trinajstić information content (AvgIpc) is 3.21. The number of allylic oxidation sites excluding steroid dienone is 12. The Bertz CT molecular complexity index is 1210. The zero-order valence-corrected chi connectivity index (χ0v) is 39.1. The normalized spacial score (nSPS) is 13.6. The summed E-state index contributed by atoms with van der Waals surface area (Å²) in [5.41, 5.74) is 0. The second-order valence-corrected chi connectivity index (χ2v) is 17.0. The molecule has 8 heteroatoms. The molecule has 344 valence electrons. The van der Waals surface area contributed by atoms with Crippen LogP contribution < -0.4 is 5.11 Å². The van der Waals surface area contributed by atoms with Crippen LogP contribution in [0.15, 0.2) is 72.9 Å². The maximum Gasteiger partial charge on any atom is 0.306 e. The van der Waals surface area contributed by atoms with Crippen LogP contribution in [0.5, 0.6) is 0 Å². The van der Waals surface area contributed by atoms with Gasteiger partial charge >= 0.3 is 11.9 Å². The van der Waals surface area contributed by atoms with E-state index in [2.05, 4.69) is 86.8 Å². The number of hydrogen-bond acceptors (Lipinski definition) is 7. The lowest BCUT2D eigenvalue weighted by molar-refractivity contribution is -0.889. The van der Waals surface area contributed by atoms with Crippen LogP contribution in [0.3, 0.4) is 0 Å². The number of quaternary nitrogens is 1. The predicted molar refractivity (Wildman–Crippen MR) is 249 cm³/mol. The quantitative estimate of drug-likeness (QED) is 0.0198. The predicted octanol–water partition coefficient (Wildman–Crippen LogP) is 12.2. The standard InChI is InChI=1S/C52H89NO7/c1-6-8-10-12-14-16-18-20-22-24-25-26-27-29-30-32-34-36-38-40-42-50(54)59-47-48(46-58-45-44-49(52(56)57)53(3,4)5)60-51(55)43-41-39-37-35-33-31-28-23-21-19-17-15-13-11-9-7-2/h9,11,15-18,20-23,31,33,48-49H,6-8,10,12-14,19,24-30,32,34-47H2,1-5H3/b11-9+,17-15+,18-16+,22-20+,23-21+,33-31+. The van der Waals surface area contributed by atoms with Crippen molar-refractivity contribution >= 4 is 17.9 Å². The summed E-state index contributed by atoms with van der Waals surface area (Å²) in [7, 11) is 5.39. The minimum absolute atomic E-state index is 0.0235. The monoisotopic (exact) mass is 840 g/mol. The number of carbonyl (C=O) groups is 3. The summed E-state index contributed by atoms with van der Waals surface area (Å²) >= 11 is 0. The summed E-state index contributed by atoms with van der Waals surface area (Å²) < 4.78 is 17.2. The lowest BCUT2D eigenvalue weighted by Gasteiger charge is -2.34. The Morgan fingerprint density at radius 2 is 0.983 bits per heavy atom. The molecule has 2 unspecified atom stereocenters. The van der Waals surface area contributed by atoms with Crippen molar-refractivity contribution in [2.45, 2.75) is 199 Å². The van der Waals surface area contributed by atoms with Crippen molar-refractivity contribution in [3.63, 3.8) is 0 Å². The lowest BCUT2D eigenvalue weighted by Crippen LogP contribution is -2.55. The molecule has 0 fully saturated rings. The molecule has 0 aromatic rings. The van der Waals surface area contributed by atoms with Gasteiger partial charge in [-0.25, -0.2) is 0 Å². The van der Waals surface area contributed by atoms with Gasteiger partial charge in [0.05, 0.1) is 40.3 Å². The van der Waals surface area contributed by atoms with Gasteiger partial charge in [0.15, 0.2) is 6.10 Å². The third kappa shape index (κ3) is 40.2. The summed E-state index contributed by atoms with van der Waals surface area (Å²) in [6, 6.07) is -0.736. The molecule has 0 aliphatic heterocycles. The largest absolute Gasteiger partial charge is 0.544 e. The molecule has 0 saturated carbocycles. The number of hydrogen-bond donors (Lipinski definition) is 0. The number of carboxylic acid groups (broad SMARTS) is 1. The summed E-state index contributed by atoms with van der Waals surface area (Å²) in [4.78, 5) is 36.9. The van der Waals surface area contributed by atoms with Crippen molar-refractivity contribution in [1.82, 2.24) is 0 Å². The first-order valence-corrected chi connectivity index (χ1v) is 24.0. The van der Waals surface area contributed by atoms with Crippen LogP contribution in [0.1, 0.15) is 187 Å². The van der Waals surface area contributed by atoms with Crippen molar-refractivity contribution in [3.05, 3.63) is 72.9 Å². The molecule has 0 aliphatic carbocycles. The molecular weight excluding hydrogens is 751 g/mol. The molecule has 0 aromatic carbocycles. The Balaban J connectivity index is 4.34. The molecule has 2 atom stereocenters. The van der Waals surface area contributed by atoms with Crippen LogP contribution in [0.2, 0.25) is 0 Å². The van der Waals surface area contributed by atoms with E-state index in [4.69, 9.17) is 14.2 Å². The van der Waals surface area contributed by atoms with Gasteiger partial charge in [-0.2, -0.15) is 0 Å². The van der Waals surface area contributed by atoms with Crippen LogP contribution in [0, 0.1) is 0 Å². The Hall–Kier alpha value is -3.23. The Labute approximate surface area is 368 Å². The summed E-state index contributed by atoms with van der Waals surface area (Å²) in [6.07, 6.45) is 53.5. The van der Waals surface area contributed by atoms with Gasteiger partial charge < -0.3 is 28.6 Å². The van der Waals surface area contributed by atoms with Crippen LogP contribution in [0.4, 0.5) is 0 Å². The van der Waals surface area contributed by atoms with Gasteiger partial charge in [0, 0.05) is 19.3 Å². The van der Waals surface area contributed by atoms with E-state index in [1.54, 1.807) is 21.1 Å². The lowest BCUT2D eigenvalue weighted by atomic mass is 10.1. The topological polar surface area (TPSA) is 102 Å².